The third-order valence-electron chi connectivity index (χ3n) is 2.47. The van der Waals surface area contributed by atoms with E-state index in [9.17, 15) is 14.9 Å². The van der Waals surface area contributed by atoms with Gasteiger partial charge in [0.2, 0.25) is 11.7 Å². The Labute approximate surface area is 109 Å². The van der Waals surface area contributed by atoms with Crippen LogP contribution in [0.25, 0.3) is 0 Å². The molecule has 1 rings (SSSR count). The van der Waals surface area contributed by atoms with Gasteiger partial charge in [-0.1, -0.05) is 0 Å². The zero-order valence-electron chi connectivity index (χ0n) is 10.9. The summed E-state index contributed by atoms with van der Waals surface area (Å²) in [5.41, 5.74) is -0.392. The predicted molar refractivity (Wildman–Crippen MR) is 67.0 cm³/mol. The van der Waals surface area contributed by atoms with Gasteiger partial charge in [0.15, 0.2) is 0 Å². The maximum absolute atomic E-state index is 11.6. The van der Waals surface area contributed by atoms with Crippen LogP contribution in [0.15, 0.2) is 6.33 Å². The number of hydrogen-bond acceptors (Lipinski definition) is 7. The van der Waals surface area contributed by atoms with Gasteiger partial charge in [0.05, 0.1) is 18.6 Å². The SMILES string of the molecule is CCN(C)C(=O)CNc1ncnc(OC)c1[N+](=O)[O-]. The first-order valence-corrected chi connectivity index (χ1v) is 5.52. The number of hydrogen-bond donors (Lipinski definition) is 1. The summed E-state index contributed by atoms with van der Waals surface area (Å²) < 4.78 is 4.79. The quantitative estimate of drug-likeness (QED) is 0.583. The van der Waals surface area contributed by atoms with Crippen molar-refractivity contribution in [2.45, 2.75) is 6.92 Å². The van der Waals surface area contributed by atoms with Gasteiger partial charge in [-0.2, -0.15) is 4.98 Å². The van der Waals surface area contributed by atoms with Crippen LogP contribution in [0.5, 0.6) is 5.88 Å². The molecule has 1 N–H and O–H groups in total. The Morgan fingerprint density at radius 1 is 1.58 bits per heavy atom. The molecule has 0 radical (unpaired) electrons. The van der Waals surface area contributed by atoms with E-state index in [1.165, 1.54) is 12.0 Å². The van der Waals surface area contributed by atoms with Gasteiger partial charge in [-0.15, -0.1) is 0 Å². The first-order valence-electron chi connectivity index (χ1n) is 5.52. The zero-order chi connectivity index (χ0) is 14.4. The minimum absolute atomic E-state index is 0.0466. The molecule has 1 amide bonds. The van der Waals surface area contributed by atoms with E-state index in [1.807, 2.05) is 6.92 Å². The molecular formula is C10H15N5O4. The minimum atomic E-state index is -0.658. The number of ether oxygens (including phenoxy) is 1. The van der Waals surface area contributed by atoms with Crippen molar-refractivity contribution in [1.29, 1.82) is 0 Å². The molecule has 1 heterocycles. The summed E-state index contributed by atoms with van der Waals surface area (Å²) in [5, 5.41) is 13.6. The van der Waals surface area contributed by atoms with Crippen molar-refractivity contribution in [2.24, 2.45) is 0 Å². The summed E-state index contributed by atoms with van der Waals surface area (Å²) >= 11 is 0. The number of nitrogens with one attached hydrogen (secondary N) is 1. The van der Waals surface area contributed by atoms with Crippen LogP contribution in [0.3, 0.4) is 0 Å². The second kappa shape index (κ2) is 6.47. The van der Waals surface area contributed by atoms with Crippen molar-refractivity contribution in [1.82, 2.24) is 14.9 Å². The van der Waals surface area contributed by atoms with E-state index in [2.05, 4.69) is 15.3 Å². The van der Waals surface area contributed by atoms with Crippen LogP contribution in [0.4, 0.5) is 11.5 Å². The van der Waals surface area contributed by atoms with E-state index >= 15 is 0 Å². The lowest BCUT2D eigenvalue weighted by Crippen LogP contribution is -2.32. The zero-order valence-corrected chi connectivity index (χ0v) is 10.9. The Kier molecular flexibility index (Phi) is 4.98. The first-order chi connectivity index (χ1) is 9.01. The number of likely N-dealkylation sites (N-methyl/N-ethyl adjacent to an activating group) is 1. The molecule has 0 fully saturated rings. The highest BCUT2D eigenvalue weighted by Crippen LogP contribution is 2.29. The lowest BCUT2D eigenvalue weighted by molar-refractivity contribution is -0.385. The molecule has 0 aliphatic carbocycles. The number of aromatic nitrogens is 2. The molecule has 0 unspecified atom stereocenters. The Morgan fingerprint density at radius 3 is 2.79 bits per heavy atom. The van der Waals surface area contributed by atoms with Gasteiger partial charge in [-0.05, 0) is 6.92 Å². The van der Waals surface area contributed by atoms with Crippen LogP contribution in [0.1, 0.15) is 6.92 Å². The molecule has 19 heavy (non-hydrogen) atoms. The number of carbonyl (C=O) groups excluding carboxylic acids is 1. The summed E-state index contributed by atoms with van der Waals surface area (Å²) in [6.45, 7) is 2.29. The largest absolute Gasteiger partial charge is 0.476 e. The Hall–Kier alpha value is -2.45. The molecule has 104 valence electrons. The molecule has 0 aliphatic rings. The van der Waals surface area contributed by atoms with E-state index in [4.69, 9.17) is 4.74 Å². The number of amides is 1. The Balaban J connectivity index is 2.89. The van der Waals surface area contributed by atoms with Crippen molar-refractivity contribution in [3.63, 3.8) is 0 Å². The van der Waals surface area contributed by atoms with Gasteiger partial charge in [-0.25, -0.2) is 4.98 Å². The number of methoxy groups -OCH3 is 1. The van der Waals surface area contributed by atoms with Crippen molar-refractivity contribution in [3.8, 4) is 5.88 Å². The molecule has 0 aromatic carbocycles. The maximum Gasteiger partial charge on any atom is 0.372 e. The smallest absolute Gasteiger partial charge is 0.372 e. The third kappa shape index (κ3) is 3.50. The Bertz CT molecular complexity index is 479. The molecule has 0 spiro atoms. The third-order valence-corrected chi connectivity index (χ3v) is 2.47. The van der Waals surface area contributed by atoms with Gasteiger partial charge in [-0.3, -0.25) is 14.9 Å². The van der Waals surface area contributed by atoms with Gasteiger partial charge in [0, 0.05) is 13.6 Å². The van der Waals surface area contributed by atoms with Crippen molar-refractivity contribution in [2.75, 3.05) is 32.6 Å². The topological polar surface area (TPSA) is 110 Å². The second-order valence-corrected chi connectivity index (χ2v) is 3.60. The van der Waals surface area contributed by atoms with Crippen LogP contribution in [-0.2, 0) is 4.79 Å². The molecule has 1 aromatic rings. The van der Waals surface area contributed by atoms with Gasteiger partial charge >= 0.3 is 5.69 Å². The fourth-order valence-corrected chi connectivity index (χ4v) is 1.28. The molecule has 0 aliphatic heterocycles. The van der Waals surface area contributed by atoms with Crippen LogP contribution in [-0.4, -0.2) is 52.9 Å². The van der Waals surface area contributed by atoms with Crippen LogP contribution < -0.4 is 10.1 Å². The van der Waals surface area contributed by atoms with Crippen molar-refractivity contribution in [3.05, 3.63) is 16.4 Å². The first kappa shape index (κ1) is 14.6. The van der Waals surface area contributed by atoms with E-state index < -0.39 is 10.6 Å². The molecule has 0 saturated heterocycles. The molecular weight excluding hydrogens is 254 g/mol. The van der Waals surface area contributed by atoms with Crippen molar-refractivity contribution >= 4 is 17.4 Å². The van der Waals surface area contributed by atoms with Gasteiger partial charge in [0.1, 0.15) is 6.33 Å². The van der Waals surface area contributed by atoms with Crippen LogP contribution in [0, 0.1) is 10.1 Å². The monoisotopic (exact) mass is 269 g/mol. The number of nitro groups is 1. The second-order valence-electron chi connectivity index (χ2n) is 3.60. The standard InChI is InChI=1S/C10H15N5O4/c1-4-14(2)7(16)5-11-9-8(15(17)18)10(19-3)13-6-12-9/h6H,4-5H2,1-3H3,(H,11,12,13). The molecule has 0 atom stereocenters. The van der Waals surface area contributed by atoms with E-state index in [0.29, 0.717) is 6.54 Å². The average Bonchev–Trinajstić information content (AvgIpc) is 2.42. The maximum atomic E-state index is 11.6. The average molecular weight is 269 g/mol. The molecule has 0 bridgehead atoms. The normalized spacial score (nSPS) is 9.84. The lowest BCUT2D eigenvalue weighted by Gasteiger charge is -2.14. The highest BCUT2D eigenvalue weighted by Gasteiger charge is 2.24. The fourth-order valence-electron chi connectivity index (χ4n) is 1.28. The van der Waals surface area contributed by atoms with Gasteiger partial charge in [0.25, 0.3) is 5.88 Å². The summed E-state index contributed by atoms with van der Waals surface area (Å²) in [5.74, 6) is -0.400. The van der Waals surface area contributed by atoms with Crippen LogP contribution >= 0.6 is 0 Å². The molecule has 9 nitrogen and oxygen atoms in total. The number of carbonyl (C=O) groups is 1. The molecule has 1 aromatic heterocycles. The minimum Gasteiger partial charge on any atom is -0.476 e. The van der Waals surface area contributed by atoms with E-state index in [0.717, 1.165) is 6.33 Å². The molecule has 9 heteroatoms. The lowest BCUT2D eigenvalue weighted by atomic mass is 10.4. The molecule has 0 saturated carbocycles. The van der Waals surface area contributed by atoms with Crippen molar-refractivity contribution < 1.29 is 14.5 Å². The summed E-state index contributed by atoms with van der Waals surface area (Å²) in [6.07, 6.45) is 1.13. The predicted octanol–water partition coefficient (Wildman–Crippen LogP) is 0.284. The van der Waals surface area contributed by atoms with Gasteiger partial charge < -0.3 is 15.0 Å². The highest BCUT2D eigenvalue weighted by atomic mass is 16.6. The number of rotatable bonds is 6. The van der Waals surface area contributed by atoms with E-state index in [1.54, 1.807) is 7.05 Å². The van der Waals surface area contributed by atoms with Crippen LogP contribution in [0.2, 0.25) is 0 Å². The van der Waals surface area contributed by atoms with E-state index in [-0.39, 0.29) is 24.1 Å². The summed E-state index contributed by atoms with van der Waals surface area (Å²) in [7, 11) is 2.91. The summed E-state index contributed by atoms with van der Waals surface area (Å²) in [6, 6.07) is 0. The Morgan fingerprint density at radius 2 is 2.26 bits per heavy atom. The number of anilines is 1. The summed E-state index contributed by atoms with van der Waals surface area (Å²) in [4.78, 5) is 30.8. The fraction of sp³-hybridized carbons (Fsp3) is 0.500. The highest BCUT2D eigenvalue weighted by molar-refractivity contribution is 5.81. The number of nitrogens with zero attached hydrogens (tertiary/aromatic N) is 4.